The molecule has 0 saturated carbocycles. The van der Waals surface area contributed by atoms with Gasteiger partial charge >= 0.3 is 0 Å². The number of hydrogen-bond donors (Lipinski definition) is 1. The highest BCUT2D eigenvalue weighted by atomic mass is 127. The number of ketones is 1. The molecule has 1 N–H and O–H groups in total. The lowest BCUT2D eigenvalue weighted by molar-refractivity contribution is -0.116. The molecule has 0 fully saturated rings. The standard InChI is InChI=1S/C14H11ClINO2S/c15-13-6-5-12(20-13)11(18)4-7-14(19)17-10-3-1-2-9(16)8-10/h1-3,5-6,8H,4,7H2,(H,17,19). The first kappa shape index (κ1) is 15.5. The van der Waals surface area contributed by atoms with Gasteiger partial charge in [0.2, 0.25) is 5.91 Å². The highest BCUT2D eigenvalue weighted by molar-refractivity contribution is 14.1. The summed E-state index contributed by atoms with van der Waals surface area (Å²) in [6.45, 7) is 0. The SMILES string of the molecule is O=C(CCC(=O)c1ccc(Cl)s1)Nc1cccc(I)c1. The molecule has 2 rings (SSSR count). The van der Waals surface area contributed by atoms with E-state index in [2.05, 4.69) is 27.9 Å². The second-order valence-electron chi connectivity index (χ2n) is 4.09. The highest BCUT2D eigenvalue weighted by Gasteiger charge is 2.11. The minimum atomic E-state index is -0.164. The Morgan fingerprint density at radius 2 is 2.00 bits per heavy atom. The lowest BCUT2D eigenvalue weighted by Crippen LogP contribution is -2.13. The Labute approximate surface area is 139 Å². The van der Waals surface area contributed by atoms with Crippen LogP contribution in [0.15, 0.2) is 36.4 Å². The topological polar surface area (TPSA) is 46.2 Å². The maximum Gasteiger partial charge on any atom is 0.224 e. The van der Waals surface area contributed by atoms with Gasteiger partial charge < -0.3 is 5.32 Å². The fraction of sp³-hybridized carbons (Fsp3) is 0.143. The van der Waals surface area contributed by atoms with E-state index < -0.39 is 0 Å². The second kappa shape index (κ2) is 7.19. The Balaban J connectivity index is 1.85. The van der Waals surface area contributed by atoms with Gasteiger partial charge in [0, 0.05) is 22.1 Å². The van der Waals surface area contributed by atoms with Crippen molar-refractivity contribution in [3.05, 3.63) is 49.2 Å². The number of Topliss-reactive ketones (excluding diaryl/α,β-unsaturated/α-hetero) is 1. The molecule has 1 heterocycles. The van der Waals surface area contributed by atoms with Crippen LogP contribution in [-0.2, 0) is 4.79 Å². The first-order valence-corrected chi connectivity index (χ1v) is 8.16. The first-order valence-electron chi connectivity index (χ1n) is 5.88. The van der Waals surface area contributed by atoms with Gasteiger partial charge in [-0.25, -0.2) is 0 Å². The minimum absolute atomic E-state index is 0.0558. The van der Waals surface area contributed by atoms with Crippen LogP contribution in [0, 0.1) is 3.57 Å². The summed E-state index contributed by atoms with van der Waals surface area (Å²) in [5.41, 5.74) is 0.744. The molecule has 3 nitrogen and oxygen atoms in total. The molecule has 1 amide bonds. The molecule has 0 unspecified atom stereocenters. The minimum Gasteiger partial charge on any atom is -0.326 e. The van der Waals surface area contributed by atoms with E-state index in [4.69, 9.17) is 11.6 Å². The average Bonchev–Trinajstić information content (AvgIpc) is 2.83. The third-order valence-electron chi connectivity index (χ3n) is 2.54. The number of halogens is 2. The fourth-order valence-electron chi connectivity index (χ4n) is 1.60. The van der Waals surface area contributed by atoms with E-state index in [1.807, 2.05) is 24.3 Å². The Hall–Kier alpha value is -0.920. The summed E-state index contributed by atoms with van der Waals surface area (Å²) in [7, 11) is 0. The van der Waals surface area contributed by atoms with Crippen LogP contribution in [0.5, 0.6) is 0 Å². The molecular formula is C14H11ClINO2S. The van der Waals surface area contributed by atoms with E-state index in [1.54, 1.807) is 12.1 Å². The number of thiophene rings is 1. The third-order valence-corrected chi connectivity index (χ3v) is 4.48. The van der Waals surface area contributed by atoms with E-state index in [0.29, 0.717) is 9.21 Å². The Bertz CT molecular complexity index is 642. The second-order valence-corrected chi connectivity index (χ2v) is 7.05. The lowest BCUT2D eigenvalue weighted by Gasteiger charge is -2.04. The fourth-order valence-corrected chi connectivity index (χ4v) is 3.16. The molecule has 6 heteroatoms. The van der Waals surface area contributed by atoms with Crippen LogP contribution in [-0.4, -0.2) is 11.7 Å². The van der Waals surface area contributed by atoms with Crippen LogP contribution in [0.4, 0.5) is 5.69 Å². The molecule has 0 aliphatic carbocycles. The van der Waals surface area contributed by atoms with Gasteiger partial charge in [-0.3, -0.25) is 9.59 Å². The molecule has 0 atom stereocenters. The smallest absolute Gasteiger partial charge is 0.224 e. The summed E-state index contributed by atoms with van der Waals surface area (Å²) >= 11 is 9.19. The zero-order valence-electron chi connectivity index (χ0n) is 10.4. The maximum absolute atomic E-state index is 11.8. The summed E-state index contributed by atoms with van der Waals surface area (Å²) in [5.74, 6) is -0.220. The molecule has 0 aliphatic rings. The summed E-state index contributed by atoms with van der Waals surface area (Å²) in [4.78, 5) is 24.2. The molecule has 0 spiro atoms. The lowest BCUT2D eigenvalue weighted by atomic mass is 10.2. The van der Waals surface area contributed by atoms with Gasteiger partial charge in [0.25, 0.3) is 0 Å². The van der Waals surface area contributed by atoms with Crippen molar-refractivity contribution in [1.82, 2.24) is 0 Å². The molecule has 20 heavy (non-hydrogen) atoms. The Morgan fingerprint density at radius 3 is 2.65 bits per heavy atom. The van der Waals surface area contributed by atoms with Crippen molar-refractivity contribution in [2.75, 3.05) is 5.32 Å². The molecule has 0 saturated heterocycles. The van der Waals surface area contributed by atoms with E-state index in [0.717, 1.165) is 9.26 Å². The first-order chi connectivity index (χ1) is 9.54. The predicted molar refractivity (Wildman–Crippen MR) is 90.7 cm³/mol. The van der Waals surface area contributed by atoms with Crippen molar-refractivity contribution >= 4 is 62.9 Å². The zero-order valence-corrected chi connectivity index (χ0v) is 14.1. The molecule has 0 radical (unpaired) electrons. The van der Waals surface area contributed by atoms with Crippen LogP contribution in [0.3, 0.4) is 0 Å². The monoisotopic (exact) mass is 419 g/mol. The number of carbonyl (C=O) groups is 2. The number of hydrogen-bond acceptors (Lipinski definition) is 3. The van der Waals surface area contributed by atoms with Gasteiger partial charge in [-0.05, 0) is 52.9 Å². The van der Waals surface area contributed by atoms with Gasteiger partial charge in [0.15, 0.2) is 5.78 Å². The van der Waals surface area contributed by atoms with Crippen molar-refractivity contribution < 1.29 is 9.59 Å². The summed E-state index contributed by atoms with van der Waals surface area (Å²) in [5, 5.41) is 2.78. The normalized spacial score (nSPS) is 10.3. The number of rotatable bonds is 5. The van der Waals surface area contributed by atoms with Gasteiger partial charge in [0.05, 0.1) is 9.21 Å². The van der Waals surface area contributed by atoms with Gasteiger partial charge in [0.1, 0.15) is 0 Å². The van der Waals surface area contributed by atoms with E-state index in [-0.39, 0.29) is 24.5 Å². The van der Waals surface area contributed by atoms with Crippen LogP contribution in [0.1, 0.15) is 22.5 Å². The van der Waals surface area contributed by atoms with Crippen molar-refractivity contribution in [2.24, 2.45) is 0 Å². The zero-order chi connectivity index (χ0) is 14.5. The van der Waals surface area contributed by atoms with Crippen molar-refractivity contribution in [3.63, 3.8) is 0 Å². The van der Waals surface area contributed by atoms with Crippen LogP contribution in [0.25, 0.3) is 0 Å². The van der Waals surface area contributed by atoms with E-state index in [9.17, 15) is 9.59 Å². The van der Waals surface area contributed by atoms with Crippen molar-refractivity contribution in [2.45, 2.75) is 12.8 Å². The molecule has 104 valence electrons. The van der Waals surface area contributed by atoms with Gasteiger partial charge in [-0.15, -0.1) is 11.3 Å². The maximum atomic E-state index is 11.8. The molecule has 1 aromatic heterocycles. The summed E-state index contributed by atoms with van der Waals surface area (Å²) in [6, 6.07) is 10.9. The van der Waals surface area contributed by atoms with Crippen molar-refractivity contribution in [1.29, 1.82) is 0 Å². The molecule has 0 aliphatic heterocycles. The average molecular weight is 420 g/mol. The third kappa shape index (κ3) is 4.57. The Kier molecular flexibility index (Phi) is 5.56. The molecule has 1 aromatic carbocycles. The van der Waals surface area contributed by atoms with Crippen LogP contribution >= 0.6 is 45.5 Å². The van der Waals surface area contributed by atoms with E-state index >= 15 is 0 Å². The van der Waals surface area contributed by atoms with Crippen molar-refractivity contribution in [3.8, 4) is 0 Å². The van der Waals surface area contributed by atoms with Crippen LogP contribution < -0.4 is 5.32 Å². The molecule has 0 bridgehead atoms. The van der Waals surface area contributed by atoms with Gasteiger partial charge in [-0.2, -0.15) is 0 Å². The predicted octanol–water partition coefficient (Wildman–Crippen LogP) is 4.61. The largest absolute Gasteiger partial charge is 0.326 e. The molecule has 2 aromatic rings. The molecular weight excluding hydrogens is 409 g/mol. The number of amides is 1. The summed E-state index contributed by atoms with van der Waals surface area (Å²) < 4.78 is 1.63. The Morgan fingerprint density at radius 1 is 1.20 bits per heavy atom. The van der Waals surface area contributed by atoms with Crippen LogP contribution in [0.2, 0.25) is 4.34 Å². The highest BCUT2D eigenvalue weighted by Crippen LogP contribution is 2.23. The summed E-state index contributed by atoms with van der Waals surface area (Å²) in [6.07, 6.45) is 0.354. The van der Waals surface area contributed by atoms with Gasteiger partial charge in [-0.1, -0.05) is 17.7 Å². The number of anilines is 1. The van der Waals surface area contributed by atoms with E-state index in [1.165, 1.54) is 11.3 Å². The quantitative estimate of drug-likeness (QED) is 0.568. The number of benzene rings is 1. The number of nitrogens with one attached hydrogen (secondary N) is 1. The number of carbonyl (C=O) groups excluding carboxylic acids is 2.